The van der Waals surface area contributed by atoms with Crippen molar-refractivity contribution in [3.63, 3.8) is 0 Å². The first-order chi connectivity index (χ1) is 14.1. The molecule has 4 heterocycles. The van der Waals surface area contributed by atoms with Crippen LogP contribution in [0.5, 0.6) is 0 Å². The van der Waals surface area contributed by atoms with E-state index in [9.17, 15) is 14.0 Å². The molecule has 3 saturated heterocycles. The molecule has 2 aromatic rings. The molecule has 0 saturated carbocycles. The van der Waals surface area contributed by atoms with Gasteiger partial charge in [0.1, 0.15) is 12.1 Å². The van der Waals surface area contributed by atoms with Gasteiger partial charge in [-0.15, -0.1) is 0 Å². The Kier molecular flexibility index (Phi) is 4.60. The number of fused-ring (bicyclic) bond motifs is 4. The van der Waals surface area contributed by atoms with Gasteiger partial charge in [-0.1, -0.05) is 12.1 Å². The number of aromatic nitrogens is 1. The van der Waals surface area contributed by atoms with Crippen molar-refractivity contribution in [1.82, 2.24) is 14.8 Å². The van der Waals surface area contributed by atoms with Crippen molar-refractivity contribution in [3.8, 4) is 0 Å². The van der Waals surface area contributed by atoms with Crippen LogP contribution in [-0.2, 0) is 11.2 Å². The molecule has 5 rings (SSSR count). The van der Waals surface area contributed by atoms with Crippen LogP contribution in [0.3, 0.4) is 0 Å². The predicted octanol–water partition coefficient (Wildman–Crippen LogP) is 2.90. The third-order valence-electron chi connectivity index (χ3n) is 6.77. The summed E-state index contributed by atoms with van der Waals surface area (Å²) in [6.07, 6.45) is 6.71. The highest BCUT2D eigenvalue weighted by Gasteiger charge is 2.50. The van der Waals surface area contributed by atoms with Gasteiger partial charge in [-0.2, -0.15) is 0 Å². The van der Waals surface area contributed by atoms with E-state index < -0.39 is 0 Å². The average molecular weight is 397 g/mol. The molecule has 4 atom stereocenters. The third kappa shape index (κ3) is 3.32. The maximum absolute atomic E-state index is 13.8. The molecule has 3 fully saturated rings. The molecule has 152 valence electrons. The highest BCUT2D eigenvalue weighted by Crippen LogP contribution is 2.42. The SMILES string of the molecule is O=C(c1cocn1)N1C[C@H]2C[C@@H](C1)[C@H](Cc1cccc(F)c1)N1C(=O)CCC[C@@H]21. The molecule has 2 amide bonds. The van der Waals surface area contributed by atoms with Crippen LogP contribution in [0.2, 0.25) is 0 Å². The zero-order valence-corrected chi connectivity index (χ0v) is 16.2. The van der Waals surface area contributed by atoms with Crippen molar-refractivity contribution < 1.29 is 18.4 Å². The maximum Gasteiger partial charge on any atom is 0.275 e. The van der Waals surface area contributed by atoms with Crippen molar-refractivity contribution >= 4 is 11.8 Å². The summed E-state index contributed by atoms with van der Waals surface area (Å²) in [6.45, 7) is 1.22. The van der Waals surface area contributed by atoms with Gasteiger partial charge in [-0.05, 0) is 55.2 Å². The van der Waals surface area contributed by atoms with Gasteiger partial charge >= 0.3 is 0 Å². The number of benzene rings is 1. The van der Waals surface area contributed by atoms with Crippen LogP contribution in [-0.4, -0.2) is 51.8 Å². The van der Waals surface area contributed by atoms with Crippen molar-refractivity contribution in [1.29, 1.82) is 0 Å². The van der Waals surface area contributed by atoms with Crippen molar-refractivity contribution in [2.75, 3.05) is 13.1 Å². The Morgan fingerprint density at radius 1 is 1.28 bits per heavy atom. The number of carbonyl (C=O) groups excluding carboxylic acids is 2. The Bertz CT molecular complexity index is 916. The van der Waals surface area contributed by atoms with Crippen molar-refractivity contribution in [2.24, 2.45) is 11.8 Å². The standard InChI is InChI=1S/C22H24FN3O3/c23-17-4-1-3-14(7-17)8-20-16-9-15(19-5-2-6-21(27)26(19)20)10-25(11-16)22(28)18-12-29-13-24-18/h1,3-4,7,12-13,15-16,19-20H,2,5-6,8-11H2/t15-,16+,19+,20+/m1/s1. The highest BCUT2D eigenvalue weighted by molar-refractivity contribution is 5.92. The molecule has 6 nitrogen and oxygen atoms in total. The van der Waals surface area contributed by atoms with Crippen LogP contribution < -0.4 is 0 Å². The molecule has 3 aliphatic rings. The number of piperidine rings is 3. The Hall–Kier alpha value is -2.70. The van der Waals surface area contributed by atoms with E-state index in [2.05, 4.69) is 9.88 Å². The van der Waals surface area contributed by atoms with Crippen LogP contribution in [0.15, 0.2) is 41.3 Å². The summed E-state index contributed by atoms with van der Waals surface area (Å²) >= 11 is 0. The van der Waals surface area contributed by atoms with E-state index in [4.69, 9.17) is 4.42 Å². The second-order valence-electron chi connectivity index (χ2n) is 8.50. The van der Waals surface area contributed by atoms with Crippen LogP contribution >= 0.6 is 0 Å². The number of likely N-dealkylation sites (tertiary alicyclic amines) is 1. The minimum Gasteiger partial charge on any atom is -0.451 e. The lowest BCUT2D eigenvalue weighted by molar-refractivity contribution is -0.151. The maximum atomic E-state index is 13.8. The predicted molar refractivity (Wildman–Crippen MR) is 102 cm³/mol. The van der Waals surface area contributed by atoms with Crippen LogP contribution in [0.4, 0.5) is 4.39 Å². The lowest BCUT2D eigenvalue weighted by Gasteiger charge is -2.56. The lowest BCUT2D eigenvalue weighted by atomic mass is 9.70. The summed E-state index contributed by atoms with van der Waals surface area (Å²) < 4.78 is 18.7. The number of hydrogen-bond donors (Lipinski definition) is 0. The summed E-state index contributed by atoms with van der Waals surface area (Å²) in [5.74, 6) is 0.273. The zero-order chi connectivity index (χ0) is 20.0. The Balaban J connectivity index is 1.45. The lowest BCUT2D eigenvalue weighted by Crippen LogP contribution is -2.66. The fraction of sp³-hybridized carbons (Fsp3) is 0.500. The number of carbonyl (C=O) groups is 2. The number of nitrogens with zero attached hydrogens (tertiary/aromatic N) is 3. The number of hydrogen-bond acceptors (Lipinski definition) is 4. The molecule has 29 heavy (non-hydrogen) atoms. The summed E-state index contributed by atoms with van der Waals surface area (Å²) in [6, 6.07) is 6.76. The van der Waals surface area contributed by atoms with Crippen LogP contribution in [0, 0.1) is 17.7 Å². The van der Waals surface area contributed by atoms with Gasteiger partial charge in [0.2, 0.25) is 5.91 Å². The molecule has 1 aromatic heterocycles. The first-order valence-corrected chi connectivity index (χ1v) is 10.3. The second-order valence-corrected chi connectivity index (χ2v) is 8.50. The normalized spacial score (nSPS) is 28.9. The molecule has 0 aliphatic carbocycles. The highest BCUT2D eigenvalue weighted by atomic mass is 19.1. The number of oxazole rings is 1. The molecule has 2 bridgehead atoms. The van der Waals surface area contributed by atoms with Gasteiger partial charge in [-0.25, -0.2) is 9.37 Å². The largest absolute Gasteiger partial charge is 0.451 e. The summed E-state index contributed by atoms with van der Waals surface area (Å²) in [7, 11) is 0. The molecular weight excluding hydrogens is 373 g/mol. The molecule has 0 radical (unpaired) electrons. The first kappa shape index (κ1) is 18.3. The van der Waals surface area contributed by atoms with Gasteiger partial charge in [0.25, 0.3) is 5.91 Å². The summed E-state index contributed by atoms with van der Waals surface area (Å²) in [5, 5.41) is 0. The molecule has 1 aromatic carbocycles. The number of halogens is 1. The number of rotatable bonds is 3. The summed E-state index contributed by atoms with van der Waals surface area (Å²) in [5.41, 5.74) is 1.22. The van der Waals surface area contributed by atoms with E-state index in [1.165, 1.54) is 18.7 Å². The molecule has 7 heteroatoms. The molecule has 0 N–H and O–H groups in total. The van der Waals surface area contributed by atoms with Crippen molar-refractivity contribution in [2.45, 2.75) is 44.2 Å². The van der Waals surface area contributed by atoms with Gasteiger partial charge in [0.15, 0.2) is 12.1 Å². The van der Waals surface area contributed by atoms with Gasteiger partial charge in [0.05, 0.1) is 0 Å². The smallest absolute Gasteiger partial charge is 0.275 e. The average Bonchev–Trinajstić information content (AvgIpc) is 3.25. The van der Waals surface area contributed by atoms with E-state index >= 15 is 0 Å². The molecular formula is C22H24FN3O3. The zero-order valence-electron chi connectivity index (χ0n) is 16.2. The van der Waals surface area contributed by atoms with Gasteiger partial charge < -0.3 is 14.2 Å². The van der Waals surface area contributed by atoms with Crippen LogP contribution in [0.1, 0.15) is 41.7 Å². The van der Waals surface area contributed by atoms with Crippen molar-refractivity contribution in [3.05, 3.63) is 54.0 Å². The minimum atomic E-state index is -0.260. The molecule has 3 aliphatic heterocycles. The second kappa shape index (κ2) is 7.28. The fourth-order valence-corrected chi connectivity index (χ4v) is 5.59. The van der Waals surface area contributed by atoms with Gasteiger partial charge in [-0.3, -0.25) is 9.59 Å². The minimum absolute atomic E-state index is 0.0150. The first-order valence-electron chi connectivity index (χ1n) is 10.3. The Morgan fingerprint density at radius 3 is 2.93 bits per heavy atom. The monoisotopic (exact) mass is 397 g/mol. The van der Waals surface area contributed by atoms with E-state index in [1.807, 2.05) is 11.0 Å². The Labute approximate surface area is 168 Å². The van der Waals surface area contributed by atoms with E-state index in [0.717, 1.165) is 24.8 Å². The Morgan fingerprint density at radius 2 is 2.14 bits per heavy atom. The quantitative estimate of drug-likeness (QED) is 0.799. The van der Waals surface area contributed by atoms with E-state index in [1.54, 1.807) is 12.1 Å². The molecule has 0 spiro atoms. The fourth-order valence-electron chi connectivity index (χ4n) is 5.59. The number of amides is 2. The topological polar surface area (TPSA) is 66.7 Å². The molecule has 0 unspecified atom stereocenters. The van der Waals surface area contributed by atoms with E-state index in [-0.39, 0.29) is 41.6 Å². The van der Waals surface area contributed by atoms with E-state index in [0.29, 0.717) is 31.6 Å². The summed E-state index contributed by atoms with van der Waals surface area (Å²) in [4.78, 5) is 33.7. The van der Waals surface area contributed by atoms with Gasteiger partial charge in [0, 0.05) is 31.6 Å². The third-order valence-corrected chi connectivity index (χ3v) is 6.77. The van der Waals surface area contributed by atoms with Crippen LogP contribution in [0.25, 0.3) is 0 Å².